The van der Waals surface area contributed by atoms with E-state index in [1.54, 1.807) is 6.07 Å². The summed E-state index contributed by atoms with van der Waals surface area (Å²) in [6.45, 7) is 2.62. The zero-order valence-corrected chi connectivity index (χ0v) is 13.0. The second kappa shape index (κ2) is 6.36. The number of aliphatic hydroxyl groups is 1. The number of rotatable bonds is 3. The number of nitrogens with one attached hydrogen (secondary N) is 1. The Kier molecular flexibility index (Phi) is 4.24. The quantitative estimate of drug-likeness (QED) is 0.866. The second-order valence-electron chi connectivity index (χ2n) is 6.65. The summed E-state index contributed by atoms with van der Waals surface area (Å²) in [6, 6.07) is 7.47. The molecule has 2 N–H and O–H groups in total. The summed E-state index contributed by atoms with van der Waals surface area (Å²) in [4.78, 5) is 2.11. The van der Waals surface area contributed by atoms with Crippen LogP contribution >= 0.6 is 0 Å². The molecule has 4 rings (SSSR count). The first-order valence-electron chi connectivity index (χ1n) is 8.39. The van der Waals surface area contributed by atoms with Crippen molar-refractivity contribution in [1.29, 1.82) is 0 Å². The topological polar surface area (TPSA) is 54.0 Å². The fourth-order valence-electron chi connectivity index (χ4n) is 3.92. The van der Waals surface area contributed by atoms with Crippen LogP contribution in [0.3, 0.4) is 0 Å². The summed E-state index contributed by atoms with van der Waals surface area (Å²) in [5.41, 5.74) is 0.692. The van der Waals surface area contributed by atoms with Crippen LogP contribution in [0.2, 0.25) is 0 Å². The number of hydrogen-bond acceptors (Lipinski definition) is 5. The predicted octanol–water partition coefficient (Wildman–Crippen LogP) is 0.911. The predicted molar refractivity (Wildman–Crippen MR) is 84.0 cm³/mol. The molecule has 0 saturated carbocycles. The standard InChI is InChI=1S/C17H23FN2O3/c18-12-3-1-2-4-14(12)20-7-5-11(6-8-20)19-13-9-22-17-15(21)10-23-16(13)17/h1-4,11,13,15-17,19,21H,5-10H2/t13-,15-,16+,17+/m0/s1. The van der Waals surface area contributed by atoms with Crippen molar-refractivity contribution in [2.75, 3.05) is 31.2 Å². The number of fused-ring (bicyclic) bond motifs is 1. The molecule has 3 fully saturated rings. The number of benzene rings is 1. The van der Waals surface area contributed by atoms with Crippen LogP contribution in [-0.2, 0) is 9.47 Å². The van der Waals surface area contributed by atoms with Gasteiger partial charge in [-0.3, -0.25) is 0 Å². The zero-order valence-electron chi connectivity index (χ0n) is 13.0. The lowest BCUT2D eigenvalue weighted by Gasteiger charge is -2.35. The highest BCUT2D eigenvalue weighted by Crippen LogP contribution is 2.28. The van der Waals surface area contributed by atoms with Crippen LogP contribution in [0.15, 0.2) is 24.3 Å². The van der Waals surface area contributed by atoms with E-state index in [0.29, 0.717) is 24.9 Å². The smallest absolute Gasteiger partial charge is 0.146 e. The molecule has 0 unspecified atom stereocenters. The summed E-state index contributed by atoms with van der Waals surface area (Å²) >= 11 is 0. The molecule has 4 atom stereocenters. The molecule has 6 heteroatoms. The molecule has 1 aromatic rings. The van der Waals surface area contributed by atoms with Gasteiger partial charge in [0.15, 0.2) is 0 Å². The third-order valence-corrected chi connectivity index (χ3v) is 5.17. The highest BCUT2D eigenvalue weighted by atomic mass is 19.1. The zero-order chi connectivity index (χ0) is 15.8. The molecule has 3 saturated heterocycles. The van der Waals surface area contributed by atoms with Crippen LogP contribution in [-0.4, -0.2) is 61.8 Å². The maximum atomic E-state index is 13.9. The molecule has 126 valence electrons. The van der Waals surface area contributed by atoms with E-state index < -0.39 is 6.10 Å². The van der Waals surface area contributed by atoms with Crippen molar-refractivity contribution in [3.63, 3.8) is 0 Å². The SMILES string of the molecule is O[C@H]1CO[C@H]2[C@@H]1OC[C@@H]2NC1CCN(c2ccccc2F)CC1. The first kappa shape index (κ1) is 15.3. The summed E-state index contributed by atoms with van der Waals surface area (Å²) in [5.74, 6) is -0.153. The number of hydrogen-bond donors (Lipinski definition) is 2. The van der Waals surface area contributed by atoms with E-state index in [0.717, 1.165) is 25.9 Å². The molecule has 0 bridgehead atoms. The van der Waals surface area contributed by atoms with Crippen molar-refractivity contribution in [3.05, 3.63) is 30.1 Å². The summed E-state index contributed by atoms with van der Waals surface area (Å²) in [5, 5.41) is 13.4. The summed E-state index contributed by atoms with van der Waals surface area (Å²) in [6.07, 6.45) is 1.19. The van der Waals surface area contributed by atoms with E-state index in [-0.39, 0.29) is 24.1 Å². The van der Waals surface area contributed by atoms with E-state index >= 15 is 0 Å². The molecule has 3 heterocycles. The monoisotopic (exact) mass is 322 g/mol. The van der Waals surface area contributed by atoms with Crippen molar-refractivity contribution >= 4 is 5.69 Å². The van der Waals surface area contributed by atoms with Gasteiger partial charge in [-0.1, -0.05) is 12.1 Å². The van der Waals surface area contributed by atoms with Crippen LogP contribution in [0.4, 0.5) is 10.1 Å². The Morgan fingerprint density at radius 1 is 1.09 bits per heavy atom. The highest BCUT2D eigenvalue weighted by molar-refractivity contribution is 5.47. The van der Waals surface area contributed by atoms with Crippen LogP contribution in [0.1, 0.15) is 12.8 Å². The minimum absolute atomic E-state index is 0.0467. The Bertz CT molecular complexity index is 550. The fraction of sp³-hybridized carbons (Fsp3) is 0.647. The van der Waals surface area contributed by atoms with Gasteiger partial charge in [0.1, 0.15) is 24.1 Å². The van der Waals surface area contributed by atoms with Crippen molar-refractivity contribution in [1.82, 2.24) is 5.32 Å². The number of ether oxygens (including phenoxy) is 2. The van der Waals surface area contributed by atoms with Crippen molar-refractivity contribution in [2.45, 2.75) is 43.2 Å². The normalized spacial score (nSPS) is 34.8. The van der Waals surface area contributed by atoms with E-state index in [1.807, 2.05) is 12.1 Å². The number of piperidine rings is 1. The largest absolute Gasteiger partial charge is 0.388 e. The molecule has 0 aromatic heterocycles. The molecule has 1 aromatic carbocycles. The van der Waals surface area contributed by atoms with E-state index in [2.05, 4.69) is 10.2 Å². The van der Waals surface area contributed by atoms with Crippen LogP contribution in [0.25, 0.3) is 0 Å². The summed E-state index contributed by atoms with van der Waals surface area (Å²) < 4.78 is 25.2. The van der Waals surface area contributed by atoms with Crippen LogP contribution < -0.4 is 10.2 Å². The lowest BCUT2D eigenvalue weighted by molar-refractivity contribution is 0.0176. The minimum Gasteiger partial charge on any atom is -0.388 e. The van der Waals surface area contributed by atoms with Gasteiger partial charge in [0.25, 0.3) is 0 Å². The first-order valence-corrected chi connectivity index (χ1v) is 8.39. The van der Waals surface area contributed by atoms with Crippen LogP contribution in [0.5, 0.6) is 0 Å². The van der Waals surface area contributed by atoms with Crippen molar-refractivity contribution in [3.8, 4) is 0 Å². The van der Waals surface area contributed by atoms with Gasteiger partial charge < -0.3 is 24.8 Å². The maximum absolute atomic E-state index is 13.9. The van der Waals surface area contributed by atoms with Gasteiger partial charge in [0, 0.05) is 19.1 Å². The number of halogens is 1. The van der Waals surface area contributed by atoms with Gasteiger partial charge in [-0.15, -0.1) is 0 Å². The molecule has 0 spiro atoms. The number of aliphatic hydroxyl groups excluding tert-OH is 1. The molecule has 0 amide bonds. The van der Waals surface area contributed by atoms with Gasteiger partial charge in [0.05, 0.1) is 24.9 Å². The van der Waals surface area contributed by atoms with Crippen molar-refractivity contribution < 1.29 is 19.0 Å². The van der Waals surface area contributed by atoms with E-state index in [1.165, 1.54) is 6.07 Å². The van der Waals surface area contributed by atoms with E-state index in [9.17, 15) is 9.50 Å². The van der Waals surface area contributed by atoms with Gasteiger partial charge in [-0.05, 0) is 25.0 Å². The maximum Gasteiger partial charge on any atom is 0.146 e. The van der Waals surface area contributed by atoms with Gasteiger partial charge in [-0.2, -0.15) is 0 Å². The second-order valence-corrected chi connectivity index (χ2v) is 6.65. The Labute approximate surface area is 135 Å². The molecule has 3 aliphatic heterocycles. The minimum atomic E-state index is -0.505. The van der Waals surface area contributed by atoms with Gasteiger partial charge >= 0.3 is 0 Å². The Balaban J connectivity index is 1.31. The summed E-state index contributed by atoms with van der Waals surface area (Å²) in [7, 11) is 0. The molecular weight excluding hydrogens is 299 g/mol. The fourth-order valence-corrected chi connectivity index (χ4v) is 3.92. The lowest BCUT2D eigenvalue weighted by Crippen LogP contribution is -2.50. The molecular formula is C17H23FN2O3. The van der Waals surface area contributed by atoms with Gasteiger partial charge in [0.2, 0.25) is 0 Å². The molecule has 0 aliphatic carbocycles. The number of nitrogens with zero attached hydrogens (tertiary/aromatic N) is 1. The Hall–Kier alpha value is -1.21. The van der Waals surface area contributed by atoms with E-state index in [4.69, 9.17) is 9.47 Å². The highest BCUT2D eigenvalue weighted by Gasteiger charge is 2.47. The molecule has 3 aliphatic rings. The van der Waals surface area contributed by atoms with Crippen LogP contribution in [0, 0.1) is 5.82 Å². The first-order chi connectivity index (χ1) is 11.2. The molecule has 0 radical (unpaired) electrons. The Morgan fingerprint density at radius 2 is 1.83 bits per heavy atom. The third-order valence-electron chi connectivity index (χ3n) is 5.17. The third kappa shape index (κ3) is 2.96. The Morgan fingerprint density at radius 3 is 2.61 bits per heavy atom. The van der Waals surface area contributed by atoms with Crippen molar-refractivity contribution in [2.24, 2.45) is 0 Å². The lowest BCUT2D eigenvalue weighted by atomic mass is 10.0. The number of para-hydroxylation sites is 1. The average Bonchev–Trinajstić information content (AvgIpc) is 3.13. The molecule has 23 heavy (non-hydrogen) atoms. The number of anilines is 1. The average molecular weight is 322 g/mol. The molecule has 5 nitrogen and oxygen atoms in total. The van der Waals surface area contributed by atoms with Gasteiger partial charge in [-0.25, -0.2) is 4.39 Å².